The average Bonchev–Trinajstić information content (AvgIpc) is 2.84. The summed E-state index contributed by atoms with van der Waals surface area (Å²) in [5, 5.41) is 9.29. The zero-order chi connectivity index (χ0) is 15.6. The fraction of sp³-hybridized carbons (Fsp3) is 0.500. The van der Waals surface area contributed by atoms with Gasteiger partial charge in [-0.1, -0.05) is 19.1 Å². The number of hydrogen-bond acceptors (Lipinski definition) is 2. The molecule has 1 aromatic carbocycles. The van der Waals surface area contributed by atoms with Crippen molar-refractivity contribution in [1.29, 1.82) is 0 Å². The van der Waals surface area contributed by atoms with Crippen LogP contribution in [0.3, 0.4) is 0 Å². The molecule has 0 aromatic heterocycles. The molecule has 1 aliphatic carbocycles. The summed E-state index contributed by atoms with van der Waals surface area (Å²) in [5.74, 6) is -2.75. The highest BCUT2D eigenvalue weighted by atomic mass is 19.1. The Morgan fingerprint density at radius 1 is 1.29 bits per heavy atom. The first-order chi connectivity index (χ1) is 9.95. The van der Waals surface area contributed by atoms with Crippen molar-refractivity contribution in [2.75, 3.05) is 11.4 Å². The van der Waals surface area contributed by atoms with Crippen molar-refractivity contribution >= 4 is 17.6 Å². The third kappa shape index (κ3) is 3.06. The topological polar surface area (TPSA) is 57.6 Å². The maximum Gasteiger partial charge on any atom is 0.307 e. The van der Waals surface area contributed by atoms with E-state index in [9.17, 15) is 19.1 Å². The number of carbonyl (C=O) groups excluding carboxylic acids is 1. The predicted molar refractivity (Wildman–Crippen MR) is 77.4 cm³/mol. The van der Waals surface area contributed by atoms with Crippen LogP contribution in [-0.2, 0) is 9.59 Å². The number of aliphatic carboxylic acids is 1. The molecule has 5 heteroatoms. The summed E-state index contributed by atoms with van der Waals surface area (Å²) in [5.41, 5.74) is 0.216. The molecule has 1 N–H and O–H groups in total. The second kappa shape index (κ2) is 6.24. The van der Waals surface area contributed by atoms with E-state index in [-0.39, 0.29) is 17.5 Å². The minimum absolute atomic E-state index is 0.194. The minimum Gasteiger partial charge on any atom is -0.481 e. The van der Waals surface area contributed by atoms with Crippen molar-refractivity contribution < 1.29 is 19.1 Å². The van der Waals surface area contributed by atoms with Gasteiger partial charge in [0.25, 0.3) is 0 Å². The van der Waals surface area contributed by atoms with Gasteiger partial charge in [0.1, 0.15) is 5.82 Å². The Morgan fingerprint density at radius 3 is 2.48 bits per heavy atom. The molecule has 0 heterocycles. The Morgan fingerprint density at radius 2 is 1.90 bits per heavy atom. The number of rotatable bonds is 4. The van der Waals surface area contributed by atoms with Crippen molar-refractivity contribution in [1.82, 2.24) is 0 Å². The van der Waals surface area contributed by atoms with E-state index < -0.39 is 23.6 Å². The number of halogens is 1. The van der Waals surface area contributed by atoms with Crippen LogP contribution >= 0.6 is 0 Å². The third-order valence-corrected chi connectivity index (χ3v) is 4.16. The number of carboxylic acid groups (broad SMARTS) is 1. The zero-order valence-corrected chi connectivity index (χ0v) is 12.3. The molecule has 1 aromatic rings. The van der Waals surface area contributed by atoms with Gasteiger partial charge in [-0.15, -0.1) is 0 Å². The smallest absolute Gasteiger partial charge is 0.307 e. The van der Waals surface area contributed by atoms with Crippen LogP contribution in [0.5, 0.6) is 0 Å². The number of hydrogen-bond donors (Lipinski definition) is 1. The lowest BCUT2D eigenvalue weighted by atomic mass is 9.94. The molecule has 2 rings (SSSR count). The molecule has 1 amide bonds. The van der Waals surface area contributed by atoms with E-state index in [4.69, 9.17) is 0 Å². The van der Waals surface area contributed by atoms with Crippen LogP contribution in [0.2, 0.25) is 0 Å². The molecule has 4 nitrogen and oxygen atoms in total. The molecule has 1 aliphatic rings. The fourth-order valence-electron chi connectivity index (χ4n) is 3.15. The van der Waals surface area contributed by atoms with Crippen molar-refractivity contribution in [3.05, 3.63) is 30.1 Å². The van der Waals surface area contributed by atoms with Crippen LogP contribution in [0.15, 0.2) is 24.3 Å². The number of anilines is 1. The molecule has 21 heavy (non-hydrogen) atoms. The average molecular weight is 293 g/mol. The van der Waals surface area contributed by atoms with Crippen molar-refractivity contribution in [2.24, 2.45) is 17.8 Å². The molecule has 0 spiro atoms. The normalized spacial score (nSPS) is 24.8. The van der Waals surface area contributed by atoms with Gasteiger partial charge in [0.05, 0.1) is 17.5 Å². The first kappa shape index (κ1) is 15.5. The summed E-state index contributed by atoms with van der Waals surface area (Å²) < 4.78 is 13.9. The van der Waals surface area contributed by atoms with Gasteiger partial charge in [0.2, 0.25) is 5.91 Å². The molecule has 1 fully saturated rings. The second-order valence-electron chi connectivity index (χ2n) is 5.66. The molecule has 114 valence electrons. The van der Waals surface area contributed by atoms with E-state index in [1.807, 2.05) is 6.92 Å². The number of amides is 1. The second-order valence-corrected chi connectivity index (χ2v) is 5.66. The maximum atomic E-state index is 13.9. The first-order valence-corrected chi connectivity index (χ1v) is 7.24. The predicted octanol–water partition coefficient (Wildman–Crippen LogP) is 2.93. The Bertz CT molecular complexity index is 546. The van der Waals surface area contributed by atoms with E-state index in [2.05, 4.69) is 0 Å². The van der Waals surface area contributed by atoms with Crippen LogP contribution in [0.25, 0.3) is 0 Å². The highest BCUT2D eigenvalue weighted by molar-refractivity contribution is 5.97. The Hall–Kier alpha value is -1.91. The summed E-state index contributed by atoms with van der Waals surface area (Å²) in [7, 11) is 0. The van der Waals surface area contributed by atoms with Crippen LogP contribution in [0.1, 0.15) is 26.7 Å². The Balaban J connectivity index is 2.28. The van der Waals surface area contributed by atoms with Gasteiger partial charge < -0.3 is 10.0 Å². The minimum atomic E-state index is -0.942. The Labute approximate surface area is 123 Å². The standard InChI is InChI=1S/C16H20FNO3/c1-3-18(14-7-5-4-6-13(14)17)15(19)11-8-10(2)9-12(11)16(20)21/h4-7,10-12H,3,8-9H2,1-2H3,(H,20,21). The van der Waals surface area contributed by atoms with Gasteiger partial charge in [-0.2, -0.15) is 0 Å². The van der Waals surface area contributed by atoms with E-state index >= 15 is 0 Å². The first-order valence-electron chi connectivity index (χ1n) is 7.24. The monoisotopic (exact) mass is 293 g/mol. The summed E-state index contributed by atoms with van der Waals surface area (Å²) in [6.07, 6.45) is 1.04. The lowest BCUT2D eigenvalue weighted by Crippen LogP contribution is -2.39. The molecule has 3 atom stereocenters. The lowest BCUT2D eigenvalue weighted by molar-refractivity contribution is -0.145. The highest BCUT2D eigenvalue weighted by Crippen LogP contribution is 2.38. The summed E-state index contributed by atoms with van der Waals surface area (Å²) >= 11 is 0. The van der Waals surface area contributed by atoms with Crippen LogP contribution in [0.4, 0.5) is 10.1 Å². The summed E-state index contributed by atoms with van der Waals surface area (Å²) in [6, 6.07) is 6.08. The van der Waals surface area contributed by atoms with E-state index in [1.54, 1.807) is 25.1 Å². The van der Waals surface area contributed by atoms with Gasteiger partial charge in [0, 0.05) is 6.54 Å². The largest absolute Gasteiger partial charge is 0.481 e. The number of para-hydroxylation sites is 1. The molecule has 0 radical (unpaired) electrons. The lowest BCUT2D eigenvalue weighted by Gasteiger charge is -2.26. The van der Waals surface area contributed by atoms with Crippen molar-refractivity contribution in [3.63, 3.8) is 0 Å². The molecular weight excluding hydrogens is 273 g/mol. The van der Waals surface area contributed by atoms with Gasteiger partial charge in [-0.3, -0.25) is 9.59 Å². The molecule has 1 saturated carbocycles. The summed E-state index contributed by atoms with van der Waals surface area (Å²) in [6.45, 7) is 4.03. The van der Waals surface area contributed by atoms with E-state index in [0.29, 0.717) is 19.4 Å². The molecule has 0 bridgehead atoms. The number of benzene rings is 1. The van der Waals surface area contributed by atoms with Crippen LogP contribution in [-0.4, -0.2) is 23.5 Å². The van der Waals surface area contributed by atoms with E-state index in [1.165, 1.54) is 11.0 Å². The number of nitrogens with zero attached hydrogens (tertiary/aromatic N) is 1. The quantitative estimate of drug-likeness (QED) is 0.928. The molecule has 0 saturated heterocycles. The third-order valence-electron chi connectivity index (χ3n) is 4.16. The summed E-state index contributed by atoms with van der Waals surface area (Å²) in [4.78, 5) is 25.4. The SMILES string of the molecule is CCN(C(=O)C1CC(C)CC1C(=O)O)c1ccccc1F. The van der Waals surface area contributed by atoms with E-state index in [0.717, 1.165) is 0 Å². The van der Waals surface area contributed by atoms with Crippen molar-refractivity contribution in [3.8, 4) is 0 Å². The number of carboxylic acids is 1. The highest BCUT2D eigenvalue weighted by Gasteiger charge is 2.43. The molecular formula is C16H20FNO3. The van der Waals surface area contributed by atoms with Gasteiger partial charge in [-0.25, -0.2) is 4.39 Å². The van der Waals surface area contributed by atoms with Gasteiger partial charge in [0.15, 0.2) is 0 Å². The van der Waals surface area contributed by atoms with Crippen LogP contribution in [0, 0.1) is 23.6 Å². The zero-order valence-electron chi connectivity index (χ0n) is 12.3. The Kier molecular flexibility index (Phi) is 4.60. The molecule has 0 aliphatic heterocycles. The van der Waals surface area contributed by atoms with Crippen LogP contribution < -0.4 is 4.90 Å². The van der Waals surface area contributed by atoms with Gasteiger partial charge in [-0.05, 0) is 37.8 Å². The number of carbonyl (C=O) groups is 2. The molecule has 3 unspecified atom stereocenters. The fourth-order valence-corrected chi connectivity index (χ4v) is 3.15. The van der Waals surface area contributed by atoms with Crippen molar-refractivity contribution in [2.45, 2.75) is 26.7 Å². The van der Waals surface area contributed by atoms with Gasteiger partial charge >= 0.3 is 5.97 Å². The maximum absolute atomic E-state index is 13.9.